The second-order valence-electron chi connectivity index (χ2n) is 9.00. The van der Waals surface area contributed by atoms with E-state index in [-0.39, 0.29) is 11.3 Å². The first-order valence-corrected chi connectivity index (χ1v) is 11.3. The van der Waals surface area contributed by atoms with Crippen LogP contribution >= 0.6 is 0 Å². The number of Topliss-reactive ketones (excluding diaryl/α,β-unsaturated/α-hetero) is 1. The van der Waals surface area contributed by atoms with Gasteiger partial charge in [-0.2, -0.15) is 0 Å². The highest BCUT2D eigenvalue weighted by atomic mass is 16.5. The van der Waals surface area contributed by atoms with Crippen LogP contribution in [0.3, 0.4) is 0 Å². The summed E-state index contributed by atoms with van der Waals surface area (Å²) in [5.74, 6) is -0.786. The molecule has 6 nitrogen and oxygen atoms in total. The molecule has 1 amide bonds. The van der Waals surface area contributed by atoms with E-state index in [1.807, 2.05) is 45.9 Å². The van der Waals surface area contributed by atoms with Crippen LogP contribution in [0.1, 0.15) is 42.3 Å². The Morgan fingerprint density at radius 1 is 1.03 bits per heavy atom. The topological polar surface area (TPSA) is 79.7 Å². The minimum atomic E-state index is -0.859. The van der Waals surface area contributed by atoms with Crippen molar-refractivity contribution in [3.8, 4) is 5.75 Å². The number of aryl methyl sites for hydroxylation is 2. The minimum absolute atomic E-state index is 0.00358. The first-order chi connectivity index (χ1) is 16.3. The lowest BCUT2D eigenvalue weighted by Gasteiger charge is -2.25. The van der Waals surface area contributed by atoms with Crippen molar-refractivity contribution in [2.75, 3.05) is 11.5 Å². The highest BCUT2D eigenvalue weighted by Crippen LogP contribution is 2.42. The maximum Gasteiger partial charge on any atom is 0.300 e. The number of aliphatic hydroxyl groups is 1. The summed E-state index contributed by atoms with van der Waals surface area (Å²) >= 11 is 0. The zero-order valence-electron chi connectivity index (χ0n) is 19.8. The van der Waals surface area contributed by atoms with Crippen molar-refractivity contribution in [2.24, 2.45) is 5.92 Å². The van der Waals surface area contributed by atoms with Crippen LogP contribution in [0.25, 0.3) is 5.76 Å². The summed E-state index contributed by atoms with van der Waals surface area (Å²) in [6.45, 7) is 8.49. The summed E-state index contributed by atoms with van der Waals surface area (Å²) in [7, 11) is 0. The van der Waals surface area contributed by atoms with Gasteiger partial charge >= 0.3 is 0 Å². The Bertz CT molecular complexity index is 1240. The molecule has 1 aliphatic heterocycles. The number of anilines is 1. The molecule has 1 aliphatic rings. The molecule has 0 aliphatic carbocycles. The van der Waals surface area contributed by atoms with Gasteiger partial charge in [-0.3, -0.25) is 19.5 Å². The smallest absolute Gasteiger partial charge is 0.300 e. The predicted molar refractivity (Wildman–Crippen MR) is 132 cm³/mol. The Labute approximate surface area is 199 Å². The zero-order valence-corrected chi connectivity index (χ0v) is 19.8. The molecule has 1 unspecified atom stereocenters. The van der Waals surface area contributed by atoms with E-state index in [0.717, 1.165) is 11.1 Å². The lowest BCUT2D eigenvalue weighted by Crippen LogP contribution is -2.30. The standard InChI is InChI=1S/C28H28N2O4/c1-17(2)16-34-22-9-7-8-20(15-22)26(31)24-25(23-10-5-6-11-29-23)30(28(33)27(24)32)21-13-18(3)12-19(4)14-21/h5-15,17,25,31H,16H2,1-4H3/b26-24+. The van der Waals surface area contributed by atoms with E-state index in [2.05, 4.69) is 4.98 Å². The van der Waals surface area contributed by atoms with Gasteiger partial charge in [0.2, 0.25) is 0 Å². The average Bonchev–Trinajstić information content (AvgIpc) is 3.08. The SMILES string of the molecule is Cc1cc(C)cc(N2C(=O)C(=O)/C(=C(/O)c3cccc(OCC(C)C)c3)C2c2ccccn2)c1. The summed E-state index contributed by atoms with van der Waals surface area (Å²) in [4.78, 5) is 32.4. The molecule has 0 bridgehead atoms. The van der Waals surface area contributed by atoms with Crippen LogP contribution in [0.5, 0.6) is 5.75 Å². The quantitative estimate of drug-likeness (QED) is 0.307. The normalized spacial score (nSPS) is 17.4. The van der Waals surface area contributed by atoms with E-state index >= 15 is 0 Å². The van der Waals surface area contributed by atoms with Crippen molar-refractivity contribution in [1.82, 2.24) is 4.98 Å². The molecule has 2 aromatic carbocycles. The van der Waals surface area contributed by atoms with Crippen LogP contribution in [0.4, 0.5) is 5.69 Å². The second kappa shape index (κ2) is 9.51. The average molecular weight is 457 g/mol. The van der Waals surface area contributed by atoms with E-state index in [1.54, 1.807) is 48.7 Å². The van der Waals surface area contributed by atoms with Gasteiger partial charge in [-0.05, 0) is 67.3 Å². The molecule has 4 rings (SSSR count). The van der Waals surface area contributed by atoms with E-state index in [9.17, 15) is 14.7 Å². The Morgan fingerprint density at radius 2 is 1.76 bits per heavy atom. The lowest BCUT2D eigenvalue weighted by molar-refractivity contribution is -0.132. The molecule has 3 aromatic rings. The van der Waals surface area contributed by atoms with Gasteiger partial charge in [0.1, 0.15) is 17.6 Å². The summed E-state index contributed by atoms with van der Waals surface area (Å²) in [5.41, 5.74) is 3.42. The molecule has 0 radical (unpaired) electrons. The van der Waals surface area contributed by atoms with Gasteiger partial charge in [0, 0.05) is 17.4 Å². The lowest BCUT2D eigenvalue weighted by atomic mass is 9.98. The molecule has 34 heavy (non-hydrogen) atoms. The van der Waals surface area contributed by atoms with Gasteiger partial charge in [0.15, 0.2) is 0 Å². The fourth-order valence-corrected chi connectivity index (χ4v) is 4.16. The van der Waals surface area contributed by atoms with Crippen molar-refractivity contribution >= 4 is 23.1 Å². The number of carbonyl (C=O) groups excluding carboxylic acids is 2. The third-order valence-electron chi connectivity index (χ3n) is 5.59. The molecule has 1 fully saturated rings. The Morgan fingerprint density at radius 3 is 2.41 bits per heavy atom. The monoisotopic (exact) mass is 456 g/mol. The molecular formula is C28H28N2O4. The largest absolute Gasteiger partial charge is 0.507 e. The second-order valence-corrected chi connectivity index (χ2v) is 9.00. The van der Waals surface area contributed by atoms with E-state index in [4.69, 9.17) is 4.74 Å². The number of hydrogen-bond acceptors (Lipinski definition) is 5. The molecule has 0 saturated carbocycles. The van der Waals surface area contributed by atoms with Gasteiger partial charge in [0.25, 0.3) is 11.7 Å². The molecule has 1 N–H and O–H groups in total. The van der Waals surface area contributed by atoms with E-state index < -0.39 is 17.7 Å². The van der Waals surface area contributed by atoms with Crippen molar-refractivity contribution in [1.29, 1.82) is 0 Å². The van der Waals surface area contributed by atoms with Gasteiger partial charge in [-0.15, -0.1) is 0 Å². The Hall–Kier alpha value is -3.93. The number of pyridine rings is 1. The fourth-order valence-electron chi connectivity index (χ4n) is 4.16. The first kappa shape index (κ1) is 23.2. The van der Waals surface area contributed by atoms with Crippen molar-refractivity contribution in [3.05, 3.63) is 94.8 Å². The number of hydrogen-bond donors (Lipinski definition) is 1. The molecule has 1 saturated heterocycles. The van der Waals surface area contributed by atoms with Crippen LogP contribution in [0.2, 0.25) is 0 Å². The Kier molecular flexibility index (Phi) is 6.50. The number of aliphatic hydroxyl groups excluding tert-OH is 1. The predicted octanol–water partition coefficient (Wildman–Crippen LogP) is 5.36. The van der Waals surface area contributed by atoms with Crippen LogP contribution in [0.15, 0.2) is 72.4 Å². The van der Waals surface area contributed by atoms with Crippen LogP contribution in [-0.4, -0.2) is 28.4 Å². The number of rotatable bonds is 6. The van der Waals surface area contributed by atoms with Crippen molar-refractivity contribution in [3.63, 3.8) is 0 Å². The molecular weight excluding hydrogens is 428 g/mol. The third-order valence-corrected chi connectivity index (χ3v) is 5.59. The molecule has 1 aromatic heterocycles. The van der Waals surface area contributed by atoms with E-state index in [1.165, 1.54) is 4.90 Å². The number of aromatic nitrogens is 1. The van der Waals surface area contributed by atoms with E-state index in [0.29, 0.717) is 35.2 Å². The van der Waals surface area contributed by atoms with Crippen LogP contribution in [0, 0.1) is 19.8 Å². The maximum atomic E-state index is 13.3. The van der Waals surface area contributed by atoms with Crippen molar-refractivity contribution in [2.45, 2.75) is 33.7 Å². The minimum Gasteiger partial charge on any atom is -0.507 e. The zero-order chi connectivity index (χ0) is 24.4. The highest BCUT2D eigenvalue weighted by molar-refractivity contribution is 6.51. The summed E-state index contributed by atoms with van der Waals surface area (Å²) in [6, 6.07) is 17.1. The van der Waals surface area contributed by atoms with Gasteiger partial charge in [-0.25, -0.2) is 0 Å². The number of amides is 1. The van der Waals surface area contributed by atoms with Crippen LogP contribution < -0.4 is 9.64 Å². The first-order valence-electron chi connectivity index (χ1n) is 11.3. The van der Waals surface area contributed by atoms with Gasteiger partial charge in [-0.1, -0.05) is 38.1 Å². The number of ketones is 1. The van der Waals surface area contributed by atoms with Crippen molar-refractivity contribution < 1.29 is 19.4 Å². The molecule has 1 atom stereocenters. The molecule has 0 spiro atoms. The Balaban J connectivity index is 1.87. The summed E-state index contributed by atoms with van der Waals surface area (Å²) < 4.78 is 5.79. The molecule has 6 heteroatoms. The van der Waals surface area contributed by atoms with Gasteiger partial charge < -0.3 is 9.84 Å². The number of ether oxygens (including phenoxy) is 1. The number of nitrogens with zero attached hydrogens (tertiary/aromatic N) is 2. The highest BCUT2D eigenvalue weighted by Gasteiger charge is 2.47. The summed E-state index contributed by atoms with van der Waals surface area (Å²) in [6.07, 6.45) is 1.61. The summed E-state index contributed by atoms with van der Waals surface area (Å²) in [5, 5.41) is 11.3. The number of benzene rings is 2. The number of carbonyl (C=O) groups is 2. The van der Waals surface area contributed by atoms with Crippen LogP contribution in [-0.2, 0) is 9.59 Å². The molecule has 2 heterocycles. The maximum absolute atomic E-state index is 13.3. The molecule has 174 valence electrons. The third kappa shape index (κ3) is 4.57. The fraction of sp³-hybridized carbons (Fsp3) is 0.250. The van der Waals surface area contributed by atoms with Gasteiger partial charge in [0.05, 0.1) is 17.9 Å².